The number of nitrogens with zero attached hydrogens (tertiary/aromatic N) is 2. The van der Waals surface area contributed by atoms with Crippen LogP contribution in [0, 0.1) is 0 Å². The van der Waals surface area contributed by atoms with Gasteiger partial charge in [0, 0.05) is 30.4 Å². The Labute approximate surface area is 135 Å². The molecule has 23 heavy (non-hydrogen) atoms. The van der Waals surface area contributed by atoms with E-state index in [9.17, 15) is 4.79 Å². The molecule has 0 amide bonds. The lowest BCUT2D eigenvalue weighted by Gasteiger charge is -2.13. The van der Waals surface area contributed by atoms with Crippen LogP contribution in [0.3, 0.4) is 0 Å². The van der Waals surface area contributed by atoms with Crippen molar-refractivity contribution in [2.45, 2.75) is 6.42 Å². The van der Waals surface area contributed by atoms with E-state index in [4.69, 9.17) is 4.74 Å². The van der Waals surface area contributed by atoms with Gasteiger partial charge in [-0.15, -0.1) is 0 Å². The highest BCUT2D eigenvalue weighted by molar-refractivity contribution is 5.93. The Kier molecular flexibility index (Phi) is 4.35. The number of para-hydroxylation sites is 1. The summed E-state index contributed by atoms with van der Waals surface area (Å²) in [6.45, 7) is 1.67. The fourth-order valence-corrected chi connectivity index (χ4v) is 2.87. The van der Waals surface area contributed by atoms with Gasteiger partial charge in [0.15, 0.2) is 5.43 Å². The molecule has 3 rings (SSSR count). The predicted octanol–water partition coefficient (Wildman–Crippen LogP) is 3.02. The molecule has 0 aliphatic rings. The minimum absolute atomic E-state index is 0.0767. The number of aromatic nitrogens is 1. The maximum Gasteiger partial charge on any atom is 0.197 e. The van der Waals surface area contributed by atoms with E-state index >= 15 is 0 Å². The molecule has 0 saturated heterocycles. The monoisotopic (exact) mass is 310 g/mol. The molecule has 0 bridgehead atoms. The lowest BCUT2D eigenvalue weighted by molar-refractivity contribution is 0.282. The Morgan fingerprint density at radius 2 is 1.78 bits per heavy atom. The van der Waals surface area contributed by atoms with Crippen molar-refractivity contribution in [3.8, 4) is 5.75 Å². The molecule has 0 aliphatic carbocycles. The van der Waals surface area contributed by atoms with Crippen LogP contribution in [0.25, 0.3) is 21.8 Å². The van der Waals surface area contributed by atoms with E-state index in [1.165, 1.54) is 0 Å². The topological polar surface area (TPSA) is 34.5 Å². The van der Waals surface area contributed by atoms with Crippen LogP contribution in [-0.2, 0) is 7.05 Å². The number of aryl methyl sites for hydroxylation is 1. The number of benzene rings is 2. The predicted molar refractivity (Wildman–Crippen MR) is 95.4 cm³/mol. The summed E-state index contributed by atoms with van der Waals surface area (Å²) in [6, 6.07) is 13.4. The zero-order valence-corrected chi connectivity index (χ0v) is 13.9. The van der Waals surface area contributed by atoms with Gasteiger partial charge in [0.2, 0.25) is 0 Å². The minimum Gasteiger partial charge on any atom is -0.493 e. The van der Waals surface area contributed by atoms with Crippen LogP contribution in [-0.4, -0.2) is 36.7 Å². The van der Waals surface area contributed by atoms with Gasteiger partial charge in [0.25, 0.3) is 0 Å². The summed E-state index contributed by atoms with van der Waals surface area (Å²) < 4.78 is 7.88. The van der Waals surface area contributed by atoms with Gasteiger partial charge in [0.05, 0.1) is 17.6 Å². The fraction of sp³-hybridized carbons (Fsp3) is 0.316. The molecular formula is C19H22N2O2. The third-order valence-electron chi connectivity index (χ3n) is 4.10. The molecule has 0 atom stereocenters. The summed E-state index contributed by atoms with van der Waals surface area (Å²) >= 11 is 0. The van der Waals surface area contributed by atoms with Crippen molar-refractivity contribution in [2.24, 2.45) is 7.05 Å². The Morgan fingerprint density at radius 3 is 2.57 bits per heavy atom. The molecule has 1 aromatic heterocycles. The molecule has 3 aromatic rings. The van der Waals surface area contributed by atoms with E-state index in [0.717, 1.165) is 40.5 Å². The van der Waals surface area contributed by atoms with E-state index in [1.807, 2.05) is 49.5 Å². The van der Waals surface area contributed by atoms with Crippen molar-refractivity contribution in [3.05, 3.63) is 52.7 Å². The van der Waals surface area contributed by atoms with Crippen LogP contribution >= 0.6 is 0 Å². The van der Waals surface area contributed by atoms with Gasteiger partial charge < -0.3 is 14.2 Å². The van der Waals surface area contributed by atoms with Gasteiger partial charge in [-0.3, -0.25) is 4.79 Å². The third-order valence-corrected chi connectivity index (χ3v) is 4.10. The molecule has 4 nitrogen and oxygen atoms in total. The standard InChI is InChI=1S/C19H22N2O2/c1-20(2)11-6-12-23-14-9-10-16-18(13-14)21(3)17-8-5-4-7-15(17)19(16)22/h4-5,7-10,13H,6,11-12H2,1-3H3. The second-order valence-corrected chi connectivity index (χ2v) is 6.09. The SMILES string of the molecule is CN(C)CCCOc1ccc2c(=O)c3ccccc3n(C)c2c1. The molecule has 1 heterocycles. The number of pyridine rings is 1. The van der Waals surface area contributed by atoms with Crippen molar-refractivity contribution in [3.63, 3.8) is 0 Å². The van der Waals surface area contributed by atoms with Crippen molar-refractivity contribution in [1.82, 2.24) is 9.47 Å². The van der Waals surface area contributed by atoms with Crippen molar-refractivity contribution in [1.29, 1.82) is 0 Å². The Hall–Kier alpha value is -2.33. The maximum absolute atomic E-state index is 12.6. The summed E-state index contributed by atoms with van der Waals surface area (Å²) in [5, 5.41) is 1.48. The summed E-state index contributed by atoms with van der Waals surface area (Å²) in [5.74, 6) is 0.807. The van der Waals surface area contributed by atoms with Crippen molar-refractivity contribution >= 4 is 21.8 Å². The molecule has 0 saturated carbocycles. The molecule has 0 N–H and O–H groups in total. The van der Waals surface area contributed by atoms with Gasteiger partial charge >= 0.3 is 0 Å². The van der Waals surface area contributed by atoms with Crippen LogP contribution in [0.5, 0.6) is 5.75 Å². The minimum atomic E-state index is 0.0767. The highest BCUT2D eigenvalue weighted by atomic mass is 16.5. The van der Waals surface area contributed by atoms with Crippen LogP contribution in [0.15, 0.2) is 47.3 Å². The number of rotatable bonds is 5. The van der Waals surface area contributed by atoms with E-state index in [-0.39, 0.29) is 5.43 Å². The molecule has 0 unspecified atom stereocenters. The lowest BCUT2D eigenvalue weighted by Crippen LogP contribution is -2.15. The van der Waals surface area contributed by atoms with Crippen LogP contribution < -0.4 is 10.2 Å². The largest absolute Gasteiger partial charge is 0.493 e. The normalized spacial score (nSPS) is 11.5. The average Bonchev–Trinajstić information content (AvgIpc) is 2.56. The first-order valence-electron chi connectivity index (χ1n) is 7.87. The Morgan fingerprint density at radius 1 is 1.04 bits per heavy atom. The first kappa shape index (κ1) is 15.6. The van der Waals surface area contributed by atoms with E-state index < -0.39 is 0 Å². The van der Waals surface area contributed by atoms with Crippen molar-refractivity contribution < 1.29 is 4.74 Å². The van der Waals surface area contributed by atoms with Gasteiger partial charge in [-0.1, -0.05) is 12.1 Å². The number of fused-ring (bicyclic) bond motifs is 2. The van der Waals surface area contributed by atoms with Crippen LogP contribution in [0.2, 0.25) is 0 Å². The smallest absolute Gasteiger partial charge is 0.197 e. The van der Waals surface area contributed by atoms with Crippen LogP contribution in [0.1, 0.15) is 6.42 Å². The maximum atomic E-state index is 12.6. The van der Waals surface area contributed by atoms with Crippen molar-refractivity contribution in [2.75, 3.05) is 27.2 Å². The summed E-state index contributed by atoms with van der Waals surface area (Å²) in [6.07, 6.45) is 0.974. The van der Waals surface area contributed by atoms with Gasteiger partial charge in [-0.25, -0.2) is 0 Å². The number of ether oxygens (including phenoxy) is 1. The van der Waals surface area contributed by atoms with Gasteiger partial charge in [0.1, 0.15) is 5.75 Å². The molecule has 4 heteroatoms. The molecule has 0 fully saturated rings. The second-order valence-electron chi connectivity index (χ2n) is 6.09. The number of hydrogen-bond acceptors (Lipinski definition) is 3. The molecule has 0 spiro atoms. The first-order chi connectivity index (χ1) is 11.1. The molecule has 2 aromatic carbocycles. The first-order valence-corrected chi connectivity index (χ1v) is 7.87. The fourth-order valence-electron chi connectivity index (χ4n) is 2.87. The molecule has 0 radical (unpaired) electrons. The zero-order valence-electron chi connectivity index (χ0n) is 13.9. The Bertz CT molecular complexity index is 897. The average molecular weight is 310 g/mol. The summed E-state index contributed by atoms with van der Waals surface area (Å²) in [5.41, 5.74) is 1.92. The highest BCUT2D eigenvalue weighted by Crippen LogP contribution is 2.22. The number of hydrogen-bond donors (Lipinski definition) is 0. The molecular weight excluding hydrogens is 288 g/mol. The third kappa shape index (κ3) is 3.08. The van der Waals surface area contributed by atoms with E-state index in [2.05, 4.69) is 23.6 Å². The summed E-state index contributed by atoms with van der Waals surface area (Å²) in [7, 11) is 6.09. The lowest BCUT2D eigenvalue weighted by atomic mass is 10.1. The quantitative estimate of drug-likeness (QED) is 0.537. The summed E-state index contributed by atoms with van der Waals surface area (Å²) in [4.78, 5) is 14.8. The Balaban J connectivity index is 1.98. The zero-order chi connectivity index (χ0) is 16.4. The molecule has 120 valence electrons. The second kappa shape index (κ2) is 6.42. The van der Waals surface area contributed by atoms with Gasteiger partial charge in [-0.2, -0.15) is 0 Å². The van der Waals surface area contributed by atoms with Crippen LogP contribution in [0.4, 0.5) is 0 Å². The molecule has 0 aliphatic heterocycles. The van der Waals surface area contributed by atoms with Gasteiger partial charge in [-0.05, 0) is 44.8 Å². The highest BCUT2D eigenvalue weighted by Gasteiger charge is 2.09. The van der Waals surface area contributed by atoms with E-state index in [1.54, 1.807) is 0 Å². The van der Waals surface area contributed by atoms with E-state index in [0.29, 0.717) is 6.61 Å².